The summed E-state index contributed by atoms with van der Waals surface area (Å²) in [4.78, 5) is 11.6. The van der Waals surface area contributed by atoms with Gasteiger partial charge in [-0.05, 0) is 12.8 Å². The fourth-order valence-electron chi connectivity index (χ4n) is 1.52. The lowest BCUT2D eigenvalue weighted by Gasteiger charge is -2.14. The summed E-state index contributed by atoms with van der Waals surface area (Å²) in [5, 5.41) is 9.57. The van der Waals surface area contributed by atoms with Gasteiger partial charge in [-0.15, -0.1) is 0 Å². The summed E-state index contributed by atoms with van der Waals surface area (Å²) in [6.45, 7) is 6.11. The van der Waals surface area contributed by atoms with Crippen LogP contribution in [0.5, 0.6) is 0 Å². The van der Waals surface area contributed by atoms with Gasteiger partial charge in [0.25, 0.3) is 0 Å². The minimum Gasteiger partial charge on any atom is -0.385 e. The molecule has 1 unspecified atom stereocenters. The highest BCUT2D eigenvalue weighted by atomic mass is 16.3. The first-order chi connectivity index (χ1) is 6.63. The molecule has 2 heteroatoms. The molecule has 0 spiro atoms. The Morgan fingerprint density at radius 1 is 1.14 bits per heavy atom. The molecule has 0 radical (unpaired) electrons. The predicted octanol–water partition coefficient (Wildman–Crippen LogP) is 2.93. The summed E-state index contributed by atoms with van der Waals surface area (Å²) in [5.74, 6) is 0.0636. The van der Waals surface area contributed by atoms with Gasteiger partial charge in [0.1, 0.15) is 6.10 Å². The summed E-state index contributed by atoms with van der Waals surface area (Å²) < 4.78 is 0. The monoisotopic (exact) mass is 200 g/mol. The lowest BCUT2D eigenvalue weighted by molar-refractivity contribution is -0.131. The van der Waals surface area contributed by atoms with Crippen molar-refractivity contribution in [3.63, 3.8) is 0 Å². The lowest BCUT2D eigenvalue weighted by Crippen LogP contribution is -2.26. The maximum Gasteiger partial charge on any atom is 0.164 e. The van der Waals surface area contributed by atoms with Gasteiger partial charge in [0.2, 0.25) is 0 Å². The van der Waals surface area contributed by atoms with Crippen LogP contribution in [-0.4, -0.2) is 17.0 Å². The van der Waals surface area contributed by atoms with E-state index in [1.807, 2.05) is 6.92 Å². The first-order valence-corrected chi connectivity index (χ1v) is 5.85. The summed E-state index contributed by atoms with van der Waals surface area (Å²) >= 11 is 0. The molecule has 0 aromatic heterocycles. The number of unbranched alkanes of at least 4 members (excludes halogenated alkanes) is 2. The molecule has 0 aliphatic rings. The van der Waals surface area contributed by atoms with E-state index in [4.69, 9.17) is 0 Å². The molecular weight excluding hydrogens is 176 g/mol. The lowest BCUT2D eigenvalue weighted by atomic mass is 9.94. The van der Waals surface area contributed by atoms with Crippen molar-refractivity contribution in [3.8, 4) is 0 Å². The Balaban J connectivity index is 3.78. The fourth-order valence-corrected chi connectivity index (χ4v) is 1.52. The van der Waals surface area contributed by atoms with Crippen LogP contribution in [0.4, 0.5) is 0 Å². The summed E-state index contributed by atoms with van der Waals surface area (Å²) in [6, 6.07) is 0. The zero-order chi connectivity index (χ0) is 11.0. The molecule has 2 nitrogen and oxygen atoms in total. The number of aliphatic hydroxyl groups excluding tert-OH is 1. The highest BCUT2D eigenvalue weighted by Crippen LogP contribution is 2.13. The van der Waals surface area contributed by atoms with E-state index in [0.717, 1.165) is 32.1 Å². The van der Waals surface area contributed by atoms with Crippen molar-refractivity contribution in [2.75, 3.05) is 0 Å². The van der Waals surface area contributed by atoms with Gasteiger partial charge in [-0.25, -0.2) is 0 Å². The van der Waals surface area contributed by atoms with Gasteiger partial charge >= 0.3 is 0 Å². The number of aliphatic hydroxyl groups is 1. The van der Waals surface area contributed by atoms with E-state index in [9.17, 15) is 9.90 Å². The molecule has 0 aromatic rings. The van der Waals surface area contributed by atoms with Gasteiger partial charge in [0.15, 0.2) is 5.78 Å². The Morgan fingerprint density at radius 3 is 2.14 bits per heavy atom. The standard InChI is InChI=1S/C12H24O2/c1-4-6-8-10(3)12(14)11(13)9-7-5-2/h10-11,13H,4-9H2,1-3H3/t10-,11?/m1/s1. The number of carbonyl (C=O) groups excluding carboxylic acids is 1. The van der Waals surface area contributed by atoms with Crippen molar-refractivity contribution >= 4 is 5.78 Å². The third-order valence-electron chi connectivity index (χ3n) is 2.64. The summed E-state index contributed by atoms with van der Waals surface area (Å²) in [6.07, 6.45) is 4.99. The Bertz CT molecular complexity index is 138. The molecule has 1 N–H and O–H groups in total. The third kappa shape index (κ3) is 5.38. The molecule has 0 aliphatic carbocycles. The van der Waals surface area contributed by atoms with Crippen LogP contribution in [0.15, 0.2) is 0 Å². The molecule has 84 valence electrons. The van der Waals surface area contributed by atoms with Crippen LogP contribution in [0, 0.1) is 5.92 Å². The smallest absolute Gasteiger partial charge is 0.164 e. The summed E-state index contributed by atoms with van der Waals surface area (Å²) in [7, 11) is 0. The van der Waals surface area contributed by atoms with Crippen molar-refractivity contribution in [1.29, 1.82) is 0 Å². The van der Waals surface area contributed by atoms with Gasteiger partial charge < -0.3 is 5.11 Å². The predicted molar refractivity (Wildman–Crippen MR) is 59.2 cm³/mol. The van der Waals surface area contributed by atoms with Crippen LogP contribution in [0.3, 0.4) is 0 Å². The molecule has 0 fully saturated rings. The SMILES string of the molecule is CCCCC(O)C(=O)[C@H](C)CCCC. The van der Waals surface area contributed by atoms with E-state index >= 15 is 0 Å². The van der Waals surface area contributed by atoms with Crippen molar-refractivity contribution in [2.24, 2.45) is 5.92 Å². The van der Waals surface area contributed by atoms with Crippen LogP contribution in [0.1, 0.15) is 59.3 Å². The Hall–Kier alpha value is -0.370. The topological polar surface area (TPSA) is 37.3 Å². The molecule has 0 amide bonds. The highest BCUT2D eigenvalue weighted by molar-refractivity contribution is 5.84. The molecule has 0 saturated heterocycles. The minimum absolute atomic E-state index is 0.0295. The Morgan fingerprint density at radius 2 is 1.64 bits per heavy atom. The van der Waals surface area contributed by atoms with Gasteiger partial charge in [0.05, 0.1) is 0 Å². The van der Waals surface area contributed by atoms with Gasteiger partial charge in [-0.2, -0.15) is 0 Å². The van der Waals surface area contributed by atoms with Gasteiger partial charge in [-0.3, -0.25) is 4.79 Å². The van der Waals surface area contributed by atoms with Crippen LogP contribution in [0.25, 0.3) is 0 Å². The normalized spacial score (nSPS) is 15.1. The molecule has 0 aromatic carbocycles. The van der Waals surface area contributed by atoms with Crippen LogP contribution in [-0.2, 0) is 4.79 Å². The molecule has 14 heavy (non-hydrogen) atoms. The second-order valence-corrected chi connectivity index (χ2v) is 4.10. The highest BCUT2D eigenvalue weighted by Gasteiger charge is 2.20. The average Bonchev–Trinajstić information content (AvgIpc) is 2.21. The molecule has 2 atom stereocenters. The van der Waals surface area contributed by atoms with Crippen molar-refractivity contribution in [2.45, 2.75) is 65.4 Å². The maximum atomic E-state index is 11.6. The third-order valence-corrected chi connectivity index (χ3v) is 2.64. The first-order valence-electron chi connectivity index (χ1n) is 5.85. The van der Waals surface area contributed by atoms with Gasteiger partial charge in [0, 0.05) is 5.92 Å². The molecule has 0 rings (SSSR count). The first kappa shape index (κ1) is 13.6. The fraction of sp³-hybridized carbons (Fsp3) is 0.917. The molecule has 0 saturated carbocycles. The van der Waals surface area contributed by atoms with Crippen LogP contribution >= 0.6 is 0 Å². The molecule has 0 bridgehead atoms. The quantitative estimate of drug-likeness (QED) is 0.654. The Kier molecular flexibility index (Phi) is 7.77. The average molecular weight is 200 g/mol. The van der Waals surface area contributed by atoms with Crippen molar-refractivity contribution < 1.29 is 9.90 Å². The number of rotatable bonds is 8. The van der Waals surface area contributed by atoms with E-state index in [1.165, 1.54) is 0 Å². The zero-order valence-corrected chi connectivity index (χ0v) is 9.75. The number of hydrogen-bond donors (Lipinski definition) is 1. The van der Waals surface area contributed by atoms with E-state index in [2.05, 4.69) is 13.8 Å². The number of carbonyl (C=O) groups is 1. The summed E-state index contributed by atoms with van der Waals surface area (Å²) in [5.41, 5.74) is 0. The molecular formula is C12H24O2. The van der Waals surface area contributed by atoms with E-state index in [0.29, 0.717) is 6.42 Å². The second kappa shape index (κ2) is 7.98. The van der Waals surface area contributed by atoms with Crippen molar-refractivity contribution in [1.82, 2.24) is 0 Å². The van der Waals surface area contributed by atoms with E-state index in [-0.39, 0.29) is 11.7 Å². The van der Waals surface area contributed by atoms with Crippen LogP contribution in [0.2, 0.25) is 0 Å². The number of hydrogen-bond acceptors (Lipinski definition) is 2. The van der Waals surface area contributed by atoms with Crippen molar-refractivity contribution in [3.05, 3.63) is 0 Å². The minimum atomic E-state index is -0.721. The largest absolute Gasteiger partial charge is 0.385 e. The number of Topliss-reactive ketones (excluding diaryl/α,β-unsaturated/α-hetero) is 1. The second-order valence-electron chi connectivity index (χ2n) is 4.10. The number of ketones is 1. The Labute approximate surface area is 87.7 Å². The molecule has 0 heterocycles. The maximum absolute atomic E-state index is 11.6. The molecule has 0 aliphatic heterocycles. The van der Waals surface area contributed by atoms with E-state index < -0.39 is 6.10 Å². The van der Waals surface area contributed by atoms with Gasteiger partial charge in [-0.1, -0.05) is 46.5 Å². The van der Waals surface area contributed by atoms with E-state index in [1.54, 1.807) is 0 Å². The van der Waals surface area contributed by atoms with Crippen LogP contribution < -0.4 is 0 Å². The zero-order valence-electron chi connectivity index (χ0n) is 9.75.